The minimum atomic E-state index is -3.60. The van der Waals surface area contributed by atoms with Crippen molar-refractivity contribution in [2.75, 3.05) is 7.11 Å². The summed E-state index contributed by atoms with van der Waals surface area (Å²) in [6.45, 7) is 2.40. The third-order valence-corrected chi connectivity index (χ3v) is 5.68. The molecule has 6 heteroatoms. The molecule has 2 rings (SSSR count). The molecule has 21 heavy (non-hydrogen) atoms. The highest BCUT2D eigenvalue weighted by Gasteiger charge is 2.28. The van der Waals surface area contributed by atoms with Gasteiger partial charge in [0.15, 0.2) is 0 Å². The van der Waals surface area contributed by atoms with Gasteiger partial charge in [-0.25, -0.2) is 13.1 Å². The molecule has 118 valence electrons. The summed E-state index contributed by atoms with van der Waals surface area (Å²) in [6.07, 6.45) is 4.19. The Morgan fingerprint density at radius 2 is 2.05 bits per heavy atom. The van der Waals surface area contributed by atoms with Crippen LogP contribution >= 0.6 is 0 Å². The molecule has 1 aromatic carbocycles. The van der Waals surface area contributed by atoms with Crippen LogP contribution in [0.15, 0.2) is 23.1 Å². The van der Waals surface area contributed by atoms with Gasteiger partial charge >= 0.3 is 0 Å². The summed E-state index contributed by atoms with van der Waals surface area (Å²) >= 11 is 0. The Morgan fingerprint density at radius 3 is 2.67 bits per heavy atom. The van der Waals surface area contributed by atoms with E-state index in [-0.39, 0.29) is 10.9 Å². The maximum Gasteiger partial charge on any atom is 0.244 e. The molecule has 0 spiro atoms. The van der Waals surface area contributed by atoms with Gasteiger partial charge in [-0.05, 0) is 36.5 Å². The van der Waals surface area contributed by atoms with Crippen LogP contribution in [0.25, 0.3) is 0 Å². The number of benzene rings is 1. The smallest absolute Gasteiger partial charge is 0.244 e. The molecule has 5 nitrogen and oxygen atoms in total. The maximum absolute atomic E-state index is 12.7. The van der Waals surface area contributed by atoms with Crippen molar-refractivity contribution in [2.24, 2.45) is 11.7 Å². The molecule has 0 amide bonds. The van der Waals surface area contributed by atoms with Gasteiger partial charge in [0.2, 0.25) is 10.0 Å². The number of nitrogens with one attached hydrogen (secondary N) is 1. The molecule has 1 saturated carbocycles. The van der Waals surface area contributed by atoms with E-state index in [0.717, 1.165) is 24.8 Å². The van der Waals surface area contributed by atoms with Gasteiger partial charge in [0.25, 0.3) is 0 Å². The number of sulfonamides is 1. The van der Waals surface area contributed by atoms with Crippen molar-refractivity contribution in [1.29, 1.82) is 0 Å². The van der Waals surface area contributed by atoms with E-state index in [1.807, 2.05) is 0 Å². The van der Waals surface area contributed by atoms with E-state index in [1.54, 1.807) is 18.2 Å². The van der Waals surface area contributed by atoms with E-state index >= 15 is 0 Å². The summed E-state index contributed by atoms with van der Waals surface area (Å²) in [6, 6.07) is 5.02. The largest absolute Gasteiger partial charge is 0.495 e. The molecule has 1 fully saturated rings. The van der Waals surface area contributed by atoms with Gasteiger partial charge in [-0.3, -0.25) is 0 Å². The Morgan fingerprint density at radius 1 is 1.33 bits per heavy atom. The third-order valence-electron chi connectivity index (χ3n) is 4.17. The molecule has 0 radical (unpaired) electrons. The average Bonchev–Trinajstić information content (AvgIpc) is 2.48. The van der Waals surface area contributed by atoms with E-state index < -0.39 is 10.0 Å². The zero-order valence-corrected chi connectivity index (χ0v) is 13.4. The lowest BCUT2D eigenvalue weighted by Gasteiger charge is -2.29. The molecule has 0 aromatic heterocycles. The number of hydrogen-bond acceptors (Lipinski definition) is 4. The van der Waals surface area contributed by atoms with Crippen molar-refractivity contribution in [2.45, 2.75) is 50.1 Å². The Kier molecular flexibility index (Phi) is 5.24. The first-order valence-corrected chi connectivity index (χ1v) is 8.85. The van der Waals surface area contributed by atoms with Gasteiger partial charge < -0.3 is 10.5 Å². The zero-order chi connectivity index (χ0) is 15.5. The first-order valence-electron chi connectivity index (χ1n) is 7.37. The third kappa shape index (κ3) is 3.75. The monoisotopic (exact) mass is 312 g/mol. The van der Waals surface area contributed by atoms with Gasteiger partial charge in [0.1, 0.15) is 10.6 Å². The number of ether oxygens (including phenoxy) is 1. The van der Waals surface area contributed by atoms with E-state index in [2.05, 4.69) is 11.6 Å². The predicted molar refractivity (Wildman–Crippen MR) is 82.6 cm³/mol. The van der Waals surface area contributed by atoms with Crippen molar-refractivity contribution in [1.82, 2.24) is 4.72 Å². The van der Waals surface area contributed by atoms with Gasteiger partial charge in [-0.2, -0.15) is 0 Å². The Bertz CT molecular complexity index is 587. The molecule has 3 N–H and O–H groups in total. The van der Waals surface area contributed by atoms with Crippen LogP contribution in [0.2, 0.25) is 0 Å². The molecular weight excluding hydrogens is 288 g/mol. The van der Waals surface area contributed by atoms with E-state index in [1.165, 1.54) is 13.5 Å². The topological polar surface area (TPSA) is 81.4 Å². The van der Waals surface area contributed by atoms with Gasteiger partial charge in [-0.15, -0.1) is 0 Å². The van der Waals surface area contributed by atoms with Crippen LogP contribution in [0.1, 0.15) is 38.2 Å². The van der Waals surface area contributed by atoms with Crippen LogP contribution in [-0.2, 0) is 16.6 Å². The predicted octanol–water partition coefficient (Wildman–Crippen LogP) is 2.01. The lowest BCUT2D eigenvalue weighted by Crippen LogP contribution is -2.41. The number of nitrogens with two attached hydrogens (primary N) is 1. The molecule has 2 atom stereocenters. The van der Waals surface area contributed by atoms with Crippen LogP contribution < -0.4 is 15.2 Å². The quantitative estimate of drug-likeness (QED) is 0.871. The number of methoxy groups -OCH3 is 1. The van der Waals surface area contributed by atoms with E-state index in [0.29, 0.717) is 18.2 Å². The van der Waals surface area contributed by atoms with E-state index in [9.17, 15) is 8.42 Å². The van der Waals surface area contributed by atoms with Crippen molar-refractivity contribution in [3.05, 3.63) is 23.8 Å². The van der Waals surface area contributed by atoms with Crippen LogP contribution in [0.4, 0.5) is 0 Å². The van der Waals surface area contributed by atoms with Crippen molar-refractivity contribution < 1.29 is 13.2 Å². The summed E-state index contributed by atoms with van der Waals surface area (Å²) in [7, 11) is -2.13. The fraction of sp³-hybridized carbons (Fsp3) is 0.600. The minimum Gasteiger partial charge on any atom is -0.495 e. The van der Waals surface area contributed by atoms with Crippen LogP contribution in [0.3, 0.4) is 0 Å². The van der Waals surface area contributed by atoms with Crippen molar-refractivity contribution >= 4 is 10.0 Å². The van der Waals surface area contributed by atoms with Gasteiger partial charge in [0.05, 0.1) is 7.11 Å². The number of hydrogen-bond donors (Lipinski definition) is 2. The normalized spacial score (nSPS) is 23.0. The highest BCUT2D eigenvalue weighted by molar-refractivity contribution is 7.89. The molecule has 1 aromatic rings. The molecule has 1 aliphatic rings. The fourth-order valence-electron chi connectivity index (χ4n) is 2.81. The first-order chi connectivity index (χ1) is 9.97. The second-order valence-corrected chi connectivity index (χ2v) is 7.36. The minimum absolute atomic E-state index is 0.00464. The lowest BCUT2D eigenvalue weighted by molar-refractivity contribution is 0.310. The molecule has 2 unspecified atom stereocenters. The summed E-state index contributed by atoms with van der Waals surface area (Å²) in [4.78, 5) is 0.172. The second-order valence-electron chi connectivity index (χ2n) is 5.68. The maximum atomic E-state index is 12.7. The number of rotatable bonds is 5. The molecule has 0 saturated heterocycles. The average molecular weight is 312 g/mol. The van der Waals surface area contributed by atoms with Gasteiger partial charge in [0, 0.05) is 12.6 Å². The van der Waals surface area contributed by atoms with Crippen molar-refractivity contribution in [3.8, 4) is 5.75 Å². The molecular formula is C15H24N2O3S. The Hall–Kier alpha value is -1.11. The van der Waals surface area contributed by atoms with Crippen LogP contribution in [-0.4, -0.2) is 21.6 Å². The SMILES string of the molecule is COc1ccc(CN)cc1S(=O)(=O)NC1CCCCC1C. The summed E-state index contributed by atoms with van der Waals surface area (Å²) in [5.41, 5.74) is 6.37. The molecule has 1 aliphatic carbocycles. The van der Waals surface area contributed by atoms with Crippen LogP contribution in [0.5, 0.6) is 5.75 Å². The summed E-state index contributed by atoms with van der Waals surface area (Å²) in [5.74, 6) is 0.709. The van der Waals surface area contributed by atoms with Crippen LogP contribution in [0, 0.1) is 5.92 Å². The zero-order valence-electron chi connectivity index (χ0n) is 12.6. The Balaban J connectivity index is 2.30. The lowest BCUT2D eigenvalue weighted by atomic mass is 9.87. The fourth-order valence-corrected chi connectivity index (χ4v) is 4.41. The van der Waals surface area contributed by atoms with E-state index in [4.69, 9.17) is 10.5 Å². The molecule has 0 heterocycles. The molecule has 0 aliphatic heterocycles. The first kappa shape index (κ1) is 16.3. The standard InChI is InChI=1S/C15H24N2O3S/c1-11-5-3-4-6-13(11)17-21(18,19)15-9-12(10-16)7-8-14(15)20-2/h7-9,11,13,17H,3-6,10,16H2,1-2H3. The summed E-state index contributed by atoms with van der Waals surface area (Å²) < 4.78 is 33.3. The highest BCUT2D eigenvalue weighted by atomic mass is 32.2. The second kappa shape index (κ2) is 6.77. The van der Waals surface area contributed by atoms with Gasteiger partial charge in [-0.1, -0.05) is 25.8 Å². The van der Waals surface area contributed by atoms with Crippen molar-refractivity contribution in [3.63, 3.8) is 0 Å². The Labute approximate surface area is 126 Å². The molecule has 0 bridgehead atoms. The summed E-state index contributed by atoms with van der Waals surface area (Å²) in [5, 5.41) is 0. The highest BCUT2D eigenvalue weighted by Crippen LogP contribution is 2.28.